The number of nitrogens with zero attached hydrogens (tertiary/aromatic N) is 2. The molecule has 21 heavy (non-hydrogen) atoms. The minimum atomic E-state index is -0.327. The maximum absolute atomic E-state index is 13.6. The van der Waals surface area contributed by atoms with Crippen molar-refractivity contribution in [2.75, 3.05) is 0 Å². The first-order chi connectivity index (χ1) is 9.97. The van der Waals surface area contributed by atoms with Crippen LogP contribution in [0.25, 0.3) is 16.7 Å². The van der Waals surface area contributed by atoms with E-state index in [1.165, 1.54) is 12.1 Å². The summed E-state index contributed by atoms with van der Waals surface area (Å²) in [5.41, 5.74) is 2.12. The van der Waals surface area contributed by atoms with Crippen LogP contribution in [-0.2, 0) is 0 Å². The van der Waals surface area contributed by atoms with E-state index in [-0.39, 0.29) is 11.2 Å². The molecule has 2 aromatic carbocycles. The van der Waals surface area contributed by atoms with E-state index < -0.39 is 0 Å². The molecule has 6 heteroatoms. The molecule has 0 N–H and O–H groups in total. The summed E-state index contributed by atoms with van der Waals surface area (Å²) in [7, 11) is 0. The van der Waals surface area contributed by atoms with Crippen molar-refractivity contribution in [1.29, 1.82) is 0 Å². The lowest BCUT2D eigenvalue weighted by molar-refractivity contribution is 0.629. The normalized spacial score (nSPS) is 12.8. The molecular formula is C15H10BrCl2FN2. The van der Waals surface area contributed by atoms with Crippen molar-refractivity contribution in [3.8, 4) is 5.69 Å². The number of benzene rings is 2. The van der Waals surface area contributed by atoms with Gasteiger partial charge >= 0.3 is 0 Å². The molecule has 0 aliphatic heterocycles. The first kappa shape index (κ1) is 14.8. The summed E-state index contributed by atoms with van der Waals surface area (Å²) in [4.78, 5) is 4.50. The second-order valence-electron chi connectivity index (χ2n) is 4.65. The average Bonchev–Trinajstić information content (AvgIpc) is 2.80. The summed E-state index contributed by atoms with van der Waals surface area (Å²) in [6.45, 7) is 1.83. The predicted octanol–water partition coefficient (Wildman–Crippen LogP) is 5.88. The van der Waals surface area contributed by atoms with Gasteiger partial charge in [-0.2, -0.15) is 0 Å². The van der Waals surface area contributed by atoms with Gasteiger partial charge in [-0.1, -0.05) is 11.6 Å². The van der Waals surface area contributed by atoms with Crippen LogP contribution in [0.3, 0.4) is 0 Å². The van der Waals surface area contributed by atoms with Crippen molar-refractivity contribution >= 4 is 50.2 Å². The third-order valence-corrected chi connectivity index (χ3v) is 4.25. The van der Waals surface area contributed by atoms with Crippen LogP contribution in [0.5, 0.6) is 0 Å². The van der Waals surface area contributed by atoms with Gasteiger partial charge in [-0.05, 0) is 53.2 Å². The Morgan fingerprint density at radius 2 is 2.00 bits per heavy atom. The molecule has 0 bridgehead atoms. The van der Waals surface area contributed by atoms with E-state index in [0.29, 0.717) is 21.9 Å². The van der Waals surface area contributed by atoms with Crippen molar-refractivity contribution in [3.05, 3.63) is 57.5 Å². The zero-order chi connectivity index (χ0) is 15.1. The molecule has 0 fully saturated rings. The number of aromatic nitrogens is 2. The van der Waals surface area contributed by atoms with Gasteiger partial charge < -0.3 is 0 Å². The van der Waals surface area contributed by atoms with Gasteiger partial charge in [-0.3, -0.25) is 4.57 Å². The van der Waals surface area contributed by atoms with E-state index in [4.69, 9.17) is 23.2 Å². The fourth-order valence-electron chi connectivity index (χ4n) is 2.24. The summed E-state index contributed by atoms with van der Waals surface area (Å²) in [5, 5.41) is 0.256. The SMILES string of the molecule is CC(Cl)c1nc2ccc(F)cc2n1-c1cc(Cl)ccc1Br. The summed E-state index contributed by atoms with van der Waals surface area (Å²) in [6.07, 6.45) is 0. The molecule has 108 valence electrons. The van der Waals surface area contributed by atoms with Gasteiger partial charge in [0.25, 0.3) is 0 Å². The number of imidazole rings is 1. The van der Waals surface area contributed by atoms with E-state index >= 15 is 0 Å². The van der Waals surface area contributed by atoms with Crippen LogP contribution in [0.4, 0.5) is 4.39 Å². The number of hydrogen-bond donors (Lipinski definition) is 0. The Hall–Kier alpha value is -1.10. The van der Waals surface area contributed by atoms with Gasteiger partial charge in [-0.25, -0.2) is 9.37 Å². The number of rotatable bonds is 2. The minimum Gasteiger partial charge on any atom is -0.294 e. The fraction of sp³-hybridized carbons (Fsp3) is 0.133. The van der Waals surface area contributed by atoms with Crippen LogP contribution >= 0.6 is 39.1 Å². The smallest absolute Gasteiger partial charge is 0.132 e. The van der Waals surface area contributed by atoms with Crippen molar-refractivity contribution in [2.24, 2.45) is 0 Å². The highest BCUT2D eigenvalue weighted by molar-refractivity contribution is 9.10. The molecule has 1 aromatic heterocycles. The van der Waals surface area contributed by atoms with Gasteiger partial charge in [0.05, 0.1) is 22.1 Å². The summed E-state index contributed by atoms with van der Waals surface area (Å²) in [6, 6.07) is 9.88. The van der Waals surface area contributed by atoms with Crippen LogP contribution in [0.1, 0.15) is 18.1 Å². The Bertz CT molecular complexity index is 830. The molecule has 2 nitrogen and oxygen atoms in total. The number of fused-ring (bicyclic) bond motifs is 1. The molecule has 0 saturated heterocycles. The predicted molar refractivity (Wildman–Crippen MR) is 88.0 cm³/mol. The Morgan fingerprint density at radius 1 is 1.24 bits per heavy atom. The largest absolute Gasteiger partial charge is 0.294 e. The Kier molecular flexibility index (Phi) is 3.95. The quantitative estimate of drug-likeness (QED) is 0.502. The molecule has 0 aliphatic carbocycles. The Balaban J connectivity index is 2.41. The van der Waals surface area contributed by atoms with Crippen molar-refractivity contribution in [1.82, 2.24) is 9.55 Å². The third-order valence-electron chi connectivity index (χ3n) is 3.15. The summed E-state index contributed by atoms with van der Waals surface area (Å²) < 4.78 is 16.3. The van der Waals surface area contributed by atoms with E-state index in [1.807, 2.05) is 17.6 Å². The number of halogens is 4. The van der Waals surface area contributed by atoms with Crippen LogP contribution < -0.4 is 0 Å². The average molecular weight is 388 g/mol. The first-order valence-electron chi connectivity index (χ1n) is 6.25. The Morgan fingerprint density at radius 3 is 2.71 bits per heavy atom. The zero-order valence-corrected chi connectivity index (χ0v) is 14.0. The number of hydrogen-bond acceptors (Lipinski definition) is 1. The fourth-order valence-corrected chi connectivity index (χ4v) is 2.98. The van der Waals surface area contributed by atoms with Crippen molar-refractivity contribution in [2.45, 2.75) is 12.3 Å². The van der Waals surface area contributed by atoms with Crippen LogP contribution in [0.2, 0.25) is 5.02 Å². The summed E-state index contributed by atoms with van der Waals surface area (Å²) in [5.74, 6) is 0.316. The third kappa shape index (κ3) is 2.68. The second-order valence-corrected chi connectivity index (χ2v) is 6.60. The van der Waals surface area contributed by atoms with Gasteiger partial charge in [0.15, 0.2) is 0 Å². The van der Waals surface area contributed by atoms with Gasteiger partial charge in [0.1, 0.15) is 11.6 Å². The molecule has 1 unspecified atom stereocenters. The number of alkyl halides is 1. The minimum absolute atomic E-state index is 0.324. The highest BCUT2D eigenvalue weighted by Gasteiger charge is 2.18. The second kappa shape index (κ2) is 5.59. The molecule has 0 saturated carbocycles. The van der Waals surface area contributed by atoms with E-state index in [9.17, 15) is 4.39 Å². The molecule has 0 aliphatic rings. The molecule has 0 spiro atoms. The topological polar surface area (TPSA) is 17.8 Å². The van der Waals surface area contributed by atoms with Crippen LogP contribution in [0.15, 0.2) is 40.9 Å². The van der Waals surface area contributed by atoms with Crippen LogP contribution in [0, 0.1) is 5.82 Å². The summed E-state index contributed by atoms with van der Waals surface area (Å²) >= 11 is 15.8. The van der Waals surface area contributed by atoms with Crippen LogP contribution in [-0.4, -0.2) is 9.55 Å². The molecule has 3 aromatic rings. The standard InChI is InChI=1S/C15H10BrCl2FN2/c1-8(17)15-20-12-5-3-10(19)7-14(12)21(15)13-6-9(18)2-4-11(13)16/h2-8H,1H3. The van der Waals surface area contributed by atoms with Crippen molar-refractivity contribution < 1.29 is 4.39 Å². The molecule has 0 radical (unpaired) electrons. The van der Waals surface area contributed by atoms with E-state index in [0.717, 1.165) is 10.2 Å². The molecule has 1 heterocycles. The van der Waals surface area contributed by atoms with Gasteiger partial charge in [0.2, 0.25) is 0 Å². The maximum Gasteiger partial charge on any atom is 0.132 e. The van der Waals surface area contributed by atoms with Gasteiger partial charge in [0, 0.05) is 15.6 Å². The lowest BCUT2D eigenvalue weighted by Gasteiger charge is -2.13. The monoisotopic (exact) mass is 386 g/mol. The zero-order valence-electron chi connectivity index (χ0n) is 10.9. The maximum atomic E-state index is 13.6. The Labute approximate surface area is 139 Å². The molecule has 1 atom stereocenters. The van der Waals surface area contributed by atoms with E-state index in [2.05, 4.69) is 20.9 Å². The van der Waals surface area contributed by atoms with Crippen molar-refractivity contribution in [3.63, 3.8) is 0 Å². The molecular weight excluding hydrogens is 378 g/mol. The van der Waals surface area contributed by atoms with E-state index in [1.54, 1.807) is 18.2 Å². The lowest BCUT2D eigenvalue weighted by atomic mass is 10.2. The first-order valence-corrected chi connectivity index (χ1v) is 7.85. The lowest BCUT2D eigenvalue weighted by Crippen LogP contribution is -2.03. The highest BCUT2D eigenvalue weighted by atomic mass is 79.9. The molecule has 3 rings (SSSR count). The van der Waals surface area contributed by atoms with Gasteiger partial charge in [-0.15, -0.1) is 11.6 Å². The molecule has 0 amide bonds. The highest BCUT2D eigenvalue weighted by Crippen LogP contribution is 2.33.